The normalized spacial score (nSPS) is 11.0. The van der Waals surface area contributed by atoms with Gasteiger partial charge in [0.1, 0.15) is 0 Å². The topological polar surface area (TPSA) is 37.1 Å². The van der Waals surface area contributed by atoms with Gasteiger partial charge in [0, 0.05) is 12.4 Å². The van der Waals surface area contributed by atoms with E-state index < -0.39 is 0 Å². The van der Waals surface area contributed by atoms with Crippen molar-refractivity contribution < 1.29 is 0 Å². The Morgan fingerprint density at radius 2 is 2.29 bits per heavy atom. The minimum Gasteiger partial charge on any atom is -0.144 e. The quantitative estimate of drug-likeness (QED) is 0.285. The van der Waals surface area contributed by atoms with Crippen LogP contribution in [-0.2, 0) is 0 Å². The second-order valence-electron chi connectivity index (χ2n) is 0.761. The van der Waals surface area contributed by atoms with Crippen molar-refractivity contribution in [3.8, 4) is 0 Å². The van der Waals surface area contributed by atoms with E-state index in [2.05, 4.69) is 22.0 Å². The lowest BCUT2D eigenvalue weighted by atomic mass is 10.9. The van der Waals surface area contributed by atoms with E-state index in [1.807, 2.05) is 0 Å². The lowest BCUT2D eigenvalue weighted by Crippen LogP contribution is -1.50. The number of nitrogens with zero attached hydrogens (tertiary/aromatic N) is 3. The molecule has 0 rings (SSSR count). The molecule has 0 spiro atoms. The molecule has 0 aromatic carbocycles. The molecule has 0 amide bonds. The molecule has 0 heterocycles. The highest BCUT2D eigenvalue weighted by molar-refractivity contribution is 5.52. The van der Waals surface area contributed by atoms with Crippen molar-refractivity contribution in [1.29, 1.82) is 0 Å². The maximum atomic E-state index is 3.42. The molecule has 0 unspecified atom stereocenters. The number of hydrogen-bond acceptors (Lipinski definition) is 2. The maximum Gasteiger partial charge on any atom is 0.0442 e. The zero-order valence-electron chi connectivity index (χ0n) is 4.20. The second kappa shape index (κ2) is 5.01. The highest BCUT2D eigenvalue weighted by atomic mass is 15.3. The SMILES string of the molecule is C=CN=N/N=C/C. The van der Waals surface area contributed by atoms with Crippen LogP contribution in [0.2, 0.25) is 0 Å². The number of rotatable bonds is 2. The van der Waals surface area contributed by atoms with Gasteiger partial charge in [0.05, 0.1) is 0 Å². The van der Waals surface area contributed by atoms with Crippen LogP contribution in [0.15, 0.2) is 28.2 Å². The van der Waals surface area contributed by atoms with E-state index in [1.165, 1.54) is 6.20 Å². The van der Waals surface area contributed by atoms with Crippen LogP contribution in [0.3, 0.4) is 0 Å². The van der Waals surface area contributed by atoms with E-state index >= 15 is 0 Å². The Morgan fingerprint density at radius 3 is 2.71 bits per heavy atom. The summed E-state index contributed by atoms with van der Waals surface area (Å²) in [6.07, 6.45) is 2.88. The van der Waals surface area contributed by atoms with E-state index in [0.29, 0.717) is 0 Å². The smallest absolute Gasteiger partial charge is 0.0442 e. The summed E-state index contributed by atoms with van der Waals surface area (Å²) in [5.74, 6) is 0. The van der Waals surface area contributed by atoms with Crippen LogP contribution in [0.1, 0.15) is 6.92 Å². The Labute approximate surface area is 42.5 Å². The molecule has 0 aliphatic heterocycles. The Hall–Kier alpha value is -0.990. The fourth-order valence-corrected chi connectivity index (χ4v) is 0.118. The van der Waals surface area contributed by atoms with Crippen molar-refractivity contribution in [3.05, 3.63) is 12.8 Å². The largest absolute Gasteiger partial charge is 0.144 e. The number of hydrogen-bond donors (Lipinski definition) is 0. The summed E-state index contributed by atoms with van der Waals surface area (Å²) in [7, 11) is 0. The highest BCUT2D eigenvalue weighted by Gasteiger charge is 1.52. The molecule has 0 saturated heterocycles. The summed E-state index contributed by atoms with van der Waals surface area (Å²) in [6, 6.07) is 0. The summed E-state index contributed by atoms with van der Waals surface area (Å²) in [4.78, 5) is 0. The molecule has 0 aliphatic carbocycles. The first-order chi connectivity index (χ1) is 3.41. The molecular weight excluding hydrogens is 90.1 g/mol. The van der Waals surface area contributed by atoms with Crippen LogP contribution in [0.5, 0.6) is 0 Å². The van der Waals surface area contributed by atoms with Gasteiger partial charge in [-0.1, -0.05) is 6.58 Å². The van der Waals surface area contributed by atoms with E-state index in [0.717, 1.165) is 0 Å². The van der Waals surface area contributed by atoms with Crippen molar-refractivity contribution >= 4 is 6.21 Å². The maximum absolute atomic E-state index is 3.42. The Bertz CT molecular complexity index is 93.1. The molecule has 0 N–H and O–H groups in total. The standard InChI is InChI=1S/C4H7N3/c1-3-5-7-6-4-2/h3-4H,1H2,2H3/b6-4+,7-5?. The van der Waals surface area contributed by atoms with E-state index in [9.17, 15) is 0 Å². The third kappa shape index (κ3) is 5.01. The van der Waals surface area contributed by atoms with Gasteiger partial charge in [0.15, 0.2) is 0 Å². The van der Waals surface area contributed by atoms with Crippen molar-refractivity contribution in [2.24, 2.45) is 15.4 Å². The van der Waals surface area contributed by atoms with Crippen LogP contribution < -0.4 is 0 Å². The van der Waals surface area contributed by atoms with Gasteiger partial charge in [-0.3, -0.25) is 0 Å². The summed E-state index contributed by atoms with van der Waals surface area (Å²) < 4.78 is 0. The predicted molar refractivity (Wildman–Crippen MR) is 29.2 cm³/mol. The van der Waals surface area contributed by atoms with Crippen LogP contribution in [0.4, 0.5) is 0 Å². The lowest BCUT2D eigenvalue weighted by Gasteiger charge is -1.65. The molecule has 3 nitrogen and oxygen atoms in total. The first kappa shape index (κ1) is 6.01. The molecule has 0 aromatic heterocycles. The van der Waals surface area contributed by atoms with Crippen LogP contribution >= 0.6 is 0 Å². The third-order valence-electron chi connectivity index (χ3n) is 0.300. The zero-order chi connectivity index (χ0) is 5.54. The van der Waals surface area contributed by atoms with E-state index in [4.69, 9.17) is 0 Å². The summed E-state index contributed by atoms with van der Waals surface area (Å²) in [6.45, 7) is 5.06. The molecule has 3 heteroatoms. The summed E-state index contributed by atoms with van der Waals surface area (Å²) in [5, 5.41) is 10.1. The van der Waals surface area contributed by atoms with E-state index in [-0.39, 0.29) is 0 Å². The Balaban J connectivity index is 3.27. The molecule has 0 atom stereocenters. The molecule has 0 aliphatic rings. The first-order valence-electron chi connectivity index (χ1n) is 1.90. The fourth-order valence-electron chi connectivity index (χ4n) is 0.118. The van der Waals surface area contributed by atoms with Crippen LogP contribution in [0.25, 0.3) is 0 Å². The molecular formula is C4H7N3. The van der Waals surface area contributed by atoms with Gasteiger partial charge < -0.3 is 0 Å². The van der Waals surface area contributed by atoms with Crippen molar-refractivity contribution in [2.45, 2.75) is 6.92 Å². The molecule has 0 saturated carbocycles. The van der Waals surface area contributed by atoms with Gasteiger partial charge in [-0.15, -0.1) is 10.2 Å². The van der Waals surface area contributed by atoms with Crippen molar-refractivity contribution in [1.82, 2.24) is 0 Å². The molecule has 38 valence electrons. The Morgan fingerprint density at radius 1 is 1.57 bits per heavy atom. The van der Waals surface area contributed by atoms with Gasteiger partial charge in [-0.25, -0.2) is 0 Å². The van der Waals surface area contributed by atoms with Gasteiger partial charge in [-0.05, 0) is 12.1 Å². The minimum atomic E-state index is 1.33. The van der Waals surface area contributed by atoms with Gasteiger partial charge in [-0.2, -0.15) is 0 Å². The van der Waals surface area contributed by atoms with Gasteiger partial charge in [0.2, 0.25) is 0 Å². The van der Waals surface area contributed by atoms with Gasteiger partial charge in [0.25, 0.3) is 0 Å². The van der Waals surface area contributed by atoms with Gasteiger partial charge >= 0.3 is 0 Å². The molecule has 7 heavy (non-hydrogen) atoms. The highest BCUT2D eigenvalue weighted by Crippen LogP contribution is 1.72. The second-order valence-corrected chi connectivity index (χ2v) is 0.761. The first-order valence-corrected chi connectivity index (χ1v) is 1.90. The Kier molecular flexibility index (Phi) is 4.30. The summed E-state index contributed by atoms with van der Waals surface area (Å²) in [5.41, 5.74) is 0. The van der Waals surface area contributed by atoms with E-state index in [1.54, 1.807) is 13.1 Å². The fraction of sp³-hybridized carbons (Fsp3) is 0.250. The minimum absolute atomic E-state index is 1.33. The molecule has 0 fully saturated rings. The van der Waals surface area contributed by atoms with Crippen LogP contribution in [-0.4, -0.2) is 6.21 Å². The molecule has 0 aromatic rings. The third-order valence-corrected chi connectivity index (χ3v) is 0.300. The average molecular weight is 97.1 g/mol. The van der Waals surface area contributed by atoms with Crippen LogP contribution in [0, 0.1) is 0 Å². The molecule has 0 bridgehead atoms. The average Bonchev–Trinajstić information content (AvgIpc) is 1.69. The van der Waals surface area contributed by atoms with Crippen molar-refractivity contribution in [2.75, 3.05) is 0 Å². The monoisotopic (exact) mass is 97.1 g/mol. The molecule has 0 radical (unpaired) electrons. The lowest BCUT2D eigenvalue weighted by molar-refractivity contribution is 1.06. The summed E-state index contributed by atoms with van der Waals surface area (Å²) >= 11 is 0. The van der Waals surface area contributed by atoms with Crippen molar-refractivity contribution in [3.63, 3.8) is 0 Å². The predicted octanol–water partition coefficient (Wildman–Crippen LogP) is 1.59. The zero-order valence-corrected chi connectivity index (χ0v) is 4.20.